The Morgan fingerprint density at radius 3 is 2.56 bits per heavy atom. The smallest absolute Gasteiger partial charge is 0.271 e. The Bertz CT molecular complexity index is 1290. The Morgan fingerprint density at radius 1 is 1.29 bits per heavy atom. The van der Waals surface area contributed by atoms with Crippen molar-refractivity contribution in [2.45, 2.75) is 33.2 Å². The van der Waals surface area contributed by atoms with E-state index in [1.165, 1.54) is 6.92 Å². The van der Waals surface area contributed by atoms with Crippen LogP contribution in [0.1, 0.15) is 46.8 Å². The molecule has 2 heterocycles. The number of carbonyl (C=O) groups is 2. The number of methoxy groups -OCH3 is 1. The van der Waals surface area contributed by atoms with E-state index in [1.807, 2.05) is 13.0 Å². The minimum atomic E-state index is -0.643. The minimum Gasteiger partial charge on any atom is -0.497 e. The number of hydrogen-bond acceptors (Lipinski definition) is 8. The zero-order valence-corrected chi connectivity index (χ0v) is 20.6. The van der Waals surface area contributed by atoms with Gasteiger partial charge in [0.25, 0.3) is 11.5 Å². The van der Waals surface area contributed by atoms with Crippen molar-refractivity contribution in [3.8, 4) is 17.7 Å². The molecular formula is C24H23N3O5S2. The van der Waals surface area contributed by atoms with Gasteiger partial charge in [-0.1, -0.05) is 49.5 Å². The molecule has 1 saturated heterocycles. The average molecular weight is 498 g/mol. The number of unbranched alkanes of at least 4 members (excludes halogenated alkanes) is 1. The zero-order chi connectivity index (χ0) is 25.0. The molecule has 1 N–H and O–H groups in total. The van der Waals surface area contributed by atoms with Crippen molar-refractivity contribution in [2.75, 3.05) is 13.7 Å². The molecule has 1 amide bonds. The number of benzene rings is 1. The summed E-state index contributed by atoms with van der Waals surface area (Å²) in [7, 11) is 1.56. The highest BCUT2D eigenvalue weighted by Crippen LogP contribution is 2.33. The van der Waals surface area contributed by atoms with E-state index in [0.717, 1.165) is 33.2 Å². The quantitative estimate of drug-likeness (QED) is 0.334. The van der Waals surface area contributed by atoms with Crippen molar-refractivity contribution in [3.63, 3.8) is 0 Å². The summed E-state index contributed by atoms with van der Waals surface area (Å²) in [6, 6.07) is 8.95. The van der Waals surface area contributed by atoms with Crippen LogP contribution in [0.5, 0.6) is 11.6 Å². The molecule has 0 radical (unpaired) electrons. The van der Waals surface area contributed by atoms with Gasteiger partial charge in [-0.05, 0) is 42.7 Å². The highest BCUT2D eigenvalue weighted by molar-refractivity contribution is 8.26. The highest BCUT2D eigenvalue weighted by atomic mass is 32.2. The maximum atomic E-state index is 13.2. The van der Waals surface area contributed by atoms with Gasteiger partial charge in [-0.3, -0.25) is 23.9 Å². The van der Waals surface area contributed by atoms with Crippen molar-refractivity contribution in [2.24, 2.45) is 0 Å². The van der Waals surface area contributed by atoms with Gasteiger partial charge in [0.2, 0.25) is 5.88 Å². The third kappa shape index (κ3) is 4.90. The van der Waals surface area contributed by atoms with Crippen molar-refractivity contribution in [1.29, 1.82) is 5.26 Å². The van der Waals surface area contributed by atoms with E-state index in [9.17, 15) is 24.8 Å². The third-order valence-corrected chi connectivity index (χ3v) is 6.78. The maximum Gasteiger partial charge on any atom is 0.271 e. The molecule has 0 atom stereocenters. The van der Waals surface area contributed by atoms with Crippen molar-refractivity contribution >= 4 is 46.1 Å². The highest BCUT2D eigenvalue weighted by Gasteiger charge is 2.35. The van der Waals surface area contributed by atoms with E-state index >= 15 is 0 Å². The fraction of sp³-hybridized carbons (Fsp3) is 0.292. The second-order valence-electron chi connectivity index (χ2n) is 7.58. The molecule has 1 aromatic carbocycles. The molecular weight excluding hydrogens is 474 g/mol. The first-order valence-corrected chi connectivity index (χ1v) is 11.7. The molecule has 2 aromatic rings. The van der Waals surface area contributed by atoms with Crippen molar-refractivity contribution in [1.82, 2.24) is 9.47 Å². The Balaban J connectivity index is 1.91. The molecule has 0 saturated carbocycles. The summed E-state index contributed by atoms with van der Waals surface area (Å²) in [5, 5.41) is 20.2. The normalized spacial score (nSPS) is 14.5. The number of aromatic nitrogens is 1. The topological polar surface area (TPSA) is 113 Å². The zero-order valence-electron chi connectivity index (χ0n) is 19.0. The van der Waals surface area contributed by atoms with Crippen molar-refractivity contribution < 1.29 is 19.4 Å². The van der Waals surface area contributed by atoms with Crippen LogP contribution in [0.2, 0.25) is 0 Å². The lowest BCUT2D eigenvalue weighted by atomic mass is 10.0. The summed E-state index contributed by atoms with van der Waals surface area (Å²) in [5.41, 5.74) is -0.150. The molecule has 1 aliphatic heterocycles. The number of thiocarbonyl (C=S) groups is 1. The van der Waals surface area contributed by atoms with E-state index in [-0.39, 0.29) is 27.6 Å². The second kappa shape index (κ2) is 10.7. The monoisotopic (exact) mass is 497 g/mol. The number of Topliss-reactive ketones (excluding diaryl/α,β-unsaturated/α-hetero) is 1. The van der Waals surface area contributed by atoms with Crippen LogP contribution in [0.25, 0.3) is 6.08 Å². The summed E-state index contributed by atoms with van der Waals surface area (Å²) in [4.78, 5) is 40.3. The second-order valence-corrected chi connectivity index (χ2v) is 9.26. The van der Waals surface area contributed by atoms with Crippen LogP contribution in [0.3, 0.4) is 0 Å². The number of ether oxygens (including phenoxy) is 1. The molecule has 3 rings (SSSR count). The average Bonchev–Trinajstić information content (AvgIpc) is 3.07. The Hall–Kier alpha value is -3.42. The molecule has 0 unspecified atom stereocenters. The Morgan fingerprint density at radius 2 is 1.97 bits per heavy atom. The standard InChI is InChI=1S/C24H23N3O5S2/c1-4-5-10-26-21(29)17(12-25)14(2)20(23(26)31)18(28)13-27-22(30)19(34-24(27)33)11-15-6-8-16(32-3)9-7-15/h6-9,11,31H,4-5,10,13H2,1-3H3/b19-11-. The fourth-order valence-electron chi connectivity index (χ4n) is 3.52. The van der Waals surface area contributed by atoms with Gasteiger partial charge in [0.1, 0.15) is 21.7 Å². The molecule has 34 heavy (non-hydrogen) atoms. The van der Waals surface area contributed by atoms with E-state index < -0.39 is 29.7 Å². The minimum absolute atomic E-state index is 0.0852. The Labute approximate surface area is 206 Å². The molecule has 1 aliphatic rings. The molecule has 10 heteroatoms. The van der Waals surface area contributed by atoms with E-state index in [4.69, 9.17) is 17.0 Å². The predicted molar refractivity (Wildman–Crippen MR) is 134 cm³/mol. The van der Waals surface area contributed by atoms with Crippen LogP contribution >= 0.6 is 24.0 Å². The number of amides is 1. The number of carbonyl (C=O) groups excluding carboxylic acids is 2. The lowest BCUT2D eigenvalue weighted by Crippen LogP contribution is -2.35. The summed E-state index contributed by atoms with van der Waals surface area (Å²) in [6.07, 6.45) is 3.01. The molecule has 0 bridgehead atoms. The summed E-state index contributed by atoms with van der Waals surface area (Å²) in [5.74, 6) is -0.864. The van der Waals surface area contributed by atoms with Crippen LogP contribution in [-0.4, -0.2) is 44.2 Å². The molecule has 8 nitrogen and oxygen atoms in total. The number of pyridine rings is 1. The lowest BCUT2D eigenvalue weighted by molar-refractivity contribution is -0.121. The van der Waals surface area contributed by atoms with Gasteiger partial charge in [-0.2, -0.15) is 5.26 Å². The van der Waals surface area contributed by atoms with Crippen molar-refractivity contribution in [3.05, 3.63) is 61.8 Å². The van der Waals surface area contributed by atoms with Crippen LogP contribution in [0.4, 0.5) is 0 Å². The maximum absolute atomic E-state index is 13.2. The van der Waals surface area contributed by atoms with Gasteiger partial charge in [0.05, 0.1) is 24.1 Å². The number of nitriles is 1. The first-order valence-electron chi connectivity index (χ1n) is 10.5. The van der Waals surface area contributed by atoms with Crippen LogP contribution in [0.15, 0.2) is 34.0 Å². The van der Waals surface area contributed by atoms with E-state index in [0.29, 0.717) is 17.1 Å². The summed E-state index contributed by atoms with van der Waals surface area (Å²) in [6.45, 7) is 3.10. The third-order valence-electron chi connectivity index (χ3n) is 5.40. The van der Waals surface area contributed by atoms with Crippen LogP contribution in [-0.2, 0) is 11.3 Å². The van der Waals surface area contributed by atoms with Gasteiger partial charge in [-0.25, -0.2) is 0 Å². The SMILES string of the molecule is CCCCn1c(O)c(C(=O)CN2C(=O)/C(=C/c3ccc(OC)cc3)SC2=S)c(C)c(C#N)c1=O. The molecule has 1 fully saturated rings. The lowest BCUT2D eigenvalue weighted by Gasteiger charge is -2.18. The van der Waals surface area contributed by atoms with Crippen LogP contribution in [0, 0.1) is 18.3 Å². The number of rotatable bonds is 8. The van der Waals surface area contributed by atoms with Gasteiger partial charge >= 0.3 is 0 Å². The van der Waals surface area contributed by atoms with Gasteiger partial charge in [0, 0.05) is 6.54 Å². The van der Waals surface area contributed by atoms with Gasteiger partial charge in [-0.15, -0.1) is 0 Å². The number of ketones is 1. The number of thioether (sulfide) groups is 1. The van der Waals surface area contributed by atoms with Crippen LogP contribution < -0.4 is 10.3 Å². The van der Waals surface area contributed by atoms with Gasteiger partial charge < -0.3 is 9.84 Å². The summed E-state index contributed by atoms with van der Waals surface area (Å²) < 4.78 is 6.37. The largest absolute Gasteiger partial charge is 0.497 e. The summed E-state index contributed by atoms with van der Waals surface area (Å²) >= 11 is 6.39. The first kappa shape index (κ1) is 25.2. The number of nitrogens with zero attached hydrogens (tertiary/aromatic N) is 3. The predicted octanol–water partition coefficient (Wildman–Crippen LogP) is 3.63. The van der Waals surface area contributed by atoms with E-state index in [1.54, 1.807) is 37.5 Å². The first-order chi connectivity index (χ1) is 16.2. The van der Waals surface area contributed by atoms with E-state index in [2.05, 4.69) is 0 Å². The molecule has 1 aromatic heterocycles. The molecule has 0 aliphatic carbocycles. The van der Waals surface area contributed by atoms with Gasteiger partial charge in [0.15, 0.2) is 5.78 Å². The number of hydrogen-bond donors (Lipinski definition) is 1. The number of aromatic hydroxyl groups is 1. The Kier molecular flexibility index (Phi) is 7.91. The molecule has 0 spiro atoms. The fourth-order valence-corrected chi connectivity index (χ4v) is 4.77. The molecule has 176 valence electrons.